The zero-order valence-electron chi connectivity index (χ0n) is 3.07. The molecular weight excluding hydrogens is 302 g/mol. The lowest BCUT2D eigenvalue weighted by molar-refractivity contribution is 1.08. The second-order valence-corrected chi connectivity index (χ2v) is 4.15. The number of alkyl halides is 2. The summed E-state index contributed by atoms with van der Waals surface area (Å²) in [5.74, 6) is 0. The van der Waals surface area contributed by atoms with E-state index >= 15 is 0 Å². The van der Waals surface area contributed by atoms with E-state index in [9.17, 15) is 0 Å². The van der Waals surface area contributed by atoms with Crippen LogP contribution in [0.4, 0.5) is 0 Å². The highest BCUT2D eigenvalue weighted by Crippen LogP contribution is 2.25. The first kappa shape index (κ1) is 5.34. The van der Waals surface area contributed by atoms with E-state index in [0.717, 1.165) is 7.85 Å². The van der Waals surface area contributed by atoms with Crippen LogP contribution in [0.5, 0.6) is 0 Å². The van der Waals surface area contributed by atoms with Crippen molar-refractivity contribution in [3.05, 3.63) is 12.2 Å². The van der Waals surface area contributed by atoms with E-state index in [-0.39, 0.29) is 0 Å². The van der Waals surface area contributed by atoms with Gasteiger partial charge in [-0.15, -0.1) is 0 Å². The fraction of sp³-hybridized carbons (Fsp3) is 0.500. The Morgan fingerprint density at radius 2 is 1.33 bits per heavy atom. The first-order valence-electron chi connectivity index (χ1n) is 1.77. The molecule has 0 aliphatic heterocycles. The molecule has 1 aliphatic rings. The van der Waals surface area contributed by atoms with Crippen molar-refractivity contribution in [2.75, 3.05) is 0 Å². The summed E-state index contributed by atoms with van der Waals surface area (Å²) < 4.78 is 1.62. The van der Waals surface area contributed by atoms with Crippen molar-refractivity contribution in [2.45, 2.75) is 7.85 Å². The van der Waals surface area contributed by atoms with Gasteiger partial charge in [-0.3, -0.25) is 0 Å². The fourth-order valence-electron chi connectivity index (χ4n) is 0.279. The van der Waals surface area contributed by atoms with Gasteiger partial charge < -0.3 is 0 Å². The van der Waals surface area contributed by atoms with Crippen LogP contribution in [0.15, 0.2) is 12.2 Å². The van der Waals surface area contributed by atoms with Crippen LogP contribution in [0.3, 0.4) is 0 Å². The Bertz CT molecular complexity index is 67.6. The summed E-state index contributed by atoms with van der Waals surface area (Å²) in [6.45, 7) is 0. The minimum atomic E-state index is 0.809. The van der Waals surface area contributed by atoms with Crippen molar-refractivity contribution in [1.29, 1.82) is 0 Å². The van der Waals surface area contributed by atoms with Crippen molar-refractivity contribution in [2.24, 2.45) is 0 Å². The van der Waals surface area contributed by atoms with Gasteiger partial charge in [0.05, 0.1) is 0 Å². The van der Waals surface area contributed by atoms with E-state index in [1.807, 2.05) is 0 Å². The van der Waals surface area contributed by atoms with Gasteiger partial charge >= 0.3 is 0 Å². The number of rotatable bonds is 0. The molecule has 0 aromatic carbocycles. The second-order valence-electron chi connectivity index (χ2n) is 1.27. The second kappa shape index (κ2) is 1.98. The van der Waals surface area contributed by atoms with Crippen molar-refractivity contribution < 1.29 is 0 Å². The Kier molecular flexibility index (Phi) is 1.76. The molecule has 0 amide bonds. The maximum absolute atomic E-state index is 2.42. The molecule has 0 saturated carbocycles. The summed E-state index contributed by atoms with van der Waals surface area (Å²) in [6.07, 6.45) is 4.44. The predicted octanol–water partition coefficient (Wildman–Crippen LogP) is 2.16. The molecule has 2 atom stereocenters. The highest BCUT2D eigenvalue weighted by molar-refractivity contribution is 14.1. The van der Waals surface area contributed by atoms with E-state index in [1.165, 1.54) is 0 Å². The van der Waals surface area contributed by atoms with Gasteiger partial charge in [0.2, 0.25) is 0 Å². The van der Waals surface area contributed by atoms with Crippen LogP contribution in [-0.2, 0) is 0 Å². The van der Waals surface area contributed by atoms with Crippen LogP contribution >= 0.6 is 45.2 Å². The zero-order chi connectivity index (χ0) is 4.57. The van der Waals surface area contributed by atoms with Crippen LogP contribution in [0.1, 0.15) is 0 Å². The lowest BCUT2D eigenvalue weighted by atomic mass is 10.1. The smallest absolute Gasteiger partial charge is 0.0442 e. The van der Waals surface area contributed by atoms with Crippen LogP contribution in [0.25, 0.3) is 0 Å². The largest absolute Gasteiger partial charge is 0.0766 e. The number of halogens is 2. The summed E-state index contributed by atoms with van der Waals surface area (Å²) >= 11 is 4.85. The molecule has 1 rings (SSSR count). The minimum absolute atomic E-state index is 0.809. The van der Waals surface area contributed by atoms with Crippen LogP contribution in [-0.4, -0.2) is 7.85 Å². The van der Waals surface area contributed by atoms with E-state index < -0.39 is 0 Å². The summed E-state index contributed by atoms with van der Waals surface area (Å²) in [7, 11) is 0. The fourth-order valence-corrected chi connectivity index (χ4v) is 1.24. The van der Waals surface area contributed by atoms with Gasteiger partial charge in [-0.05, 0) is 0 Å². The van der Waals surface area contributed by atoms with Crippen LogP contribution in [0.2, 0.25) is 0 Å². The zero-order valence-corrected chi connectivity index (χ0v) is 7.38. The molecule has 6 heavy (non-hydrogen) atoms. The van der Waals surface area contributed by atoms with E-state index in [0.29, 0.717) is 0 Å². The summed E-state index contributed by atoms with van der Waals surface area (Å²) in [5.41, 5.74) is 0. The van der Waals surface area contributed by atoms with Crippen molar-refractivity contribution in [1.82, 2.24) is 0 Å². The molecule has 0 aromatic heterocycles. The molecule has 2 heteroatoms. The molecule has 0 saturated heterocycles. The van der Waals surface area contributed by atoms with Gasteiger partial charge in [-0.2, -0.15) is 0 Å². The lowest BCUT2D eigenvalue weighted by Gasteiger charge is -2.16. The summed E-state index contributed by atoms with van der Waals surface area (Å²) in [4.78, 5) is 0. The molecule has 1 aliphatic carbocycles. The number of hydrogen-bond acceptors (Lipinski definition) is 0. The Labute approximate surface area is 64.7 Å². The van der Waals surface area contributed by atoms with Gasteiger partial charge in [0.25, 0.3) is 0 Å². The van der Waals surface area contributed by atoms with Crippen LogP contribution in [0, 0.1) is 0 Å². The van der Waals surface area contributed by atoms with Crippen LogP contribution < -0.4 is 0 Å². The molecule has 2 unspecified atom stereocenters. The minimum Gasteiger partial charge on any atom is -0.0766 e. The molecular formula is C4H4I2. The molecule has 0 bridgehead atoms. The van der Waals surface area contributed by atoms with Crippen molar-refractivity contribution in [3.63, 3.8) is 0 Å². The molecule has 0 spiro atoms. The maximum Gasteiger partial charge on any atom is 0.0442 e. The molecule has 0 N–H and O–H groups in total. The quantitative estimate of drug-likeness (QED) is 0.365. The normalized spacial score (nSPS) is 42.3. The Morgan fingerprint density at radius 1 is 1.00 bits per heavy atom. The van der Waals surface area contributed by atoms with Crippen molar-refractivity contribution in [3.8, 4) is 0 Å². The van der Waals surface area contributed by atoms with E-state index in [1.54, 1.807) is 0 Å². The predicted molar refractivity (Wildman–Crippen MR) is 44.8 cm³/mol. The topological polar surface area (TPSA) is 0 Å². The molecule has 0 fully saturated rings. The van der Waals surface area contributed by atoms with Gasteiger partial charge in [0, 0.05) is 7.85 Å². The van der Waals surface area contributed by atoms with E-state index in [4.69, 9.17) is 0 Å². The monoisotopic (exact) mass is 306 g/mol. The van der Waals surface area contributed by atoms with Crippen molar-refractivity contribution >= 4 is 45.2 Å². The molecule has 0 nitrogen and oxygen atoms in total. The average molecular weight is 306 g/mol. The summed E-state index contributed by atoms with van der Waals surface area (Å²) in [6, 6.07) is 0. The highest BCUT2D eigenvalue weighted by atomic mass is 127. The van der Waals surface area contributed by atoms with E-state index in [2.05, 4.69) is 57.3 Å². The Hall–Kier alpha value is 1.20. The molecule has 34 valence electrons. The van der Waals surface area contributed by atoms with Gasteiger partial charge in [0.1, 0.15) is 0 Å². The average Bonchev–Trinajstić information content (AvgIpc) is 1.61. The third-order valence-electron chi connectivity index (χ3n) is 0.783. The van der Waals surface area contributed by atoms with Gasteiger partial charge in [-0.1, -0.05) is 57.3 Å². The Balaban J connectivity index is 2.45. The molecule has 0 heterocycles. The molecule has 0 radical (unpaired) electrons. The third kappa shape index (κ3) is 0.882. The third-order valence-corrected chi connectivity index (χ3v) is 4.54. The first-order chi connectivity index (χ1) is 2.80. The summed E-state index contributed by atoms with van der Waals surface area (Å²) in [5, 5.41) is 0. The number of hydrogen-bond donors (Lipinski definition) is 0. The SMILES string of the molecule is IC1C=CC1I. The first-order valence-corrected chi connectivity index (χ1v) is 4.26. The molecule has 0 aromatic rings. The number of allylic oxidation sites excluding steroid dienone is 2. The standard InChI is InChI=1S/C4H4I2/c5-3-1-2-4(3)6/h1-4H. The maximum atomic E-state index is 2.42. The Morgan fingerprint density at radius 3 is 1.33 bits per heavy atom. The van der Waals surface area contributed by atoms with Gasteiger partial charge in [-0.25, -0.2) is 0 Å². The lowest BCUT2D eigenvalue weighted by Crippen LogP contribution is -2.16. The van der Waals surface area contributed by atoms with Gasteiger partial charge in [0.15, 0.2) is 0 Å². The highest BCUT2D eigenvalue weighted by Gasteiger charge is 2.15.